The second-order valence-electron chi connectivity index (χ2n) is 3.18. The molecule has 0 spiro atoms. The number of hydrogen-bond donors (Lipinski definition) is 3. The van der Waals surface area contributed by atoms with E-state index in [1.54, 1.807) is 23.9 Å². The van der Waals surface area contributed by atoms with Crippen LogP contribution in [0, 0.1) is 0 Å². The van der Waals surface area contributed by atoms with Crippen LogP contribution in [0.1, 0.15) is 22.6 Å². The largest absolute Gasteiger partial charge is 0.330 e. The zero-order valence-corrected chi connectivity index (χ0v) is 9.80. The van der Waals surface area contributed by atoms with Crippen LogP contribution in [0.4, 0.5) is 0 Å². The van der Waals surface area contributed by atoms with Crippen LogP contribution in [0.25, 0.3) is 0 Å². The molecular weight excluding hydrogens is 224 g/mol. The van der Waals surface area contributed by atoms with Crippen molar-refractivity contribution >= 4 is 17.7 Å². The van der Waals surface area contributed by atoms with Gasteiger partial charge in [0.1, 0.15) is 5.69 Å². The third kappa shape index (κ3) is 4.18. The van der Waals surface area contributed by atoms with Crippen molar-refractivity contribution in [1.82, 2.24) is 10.4 Å². The SMILES string of the molecule is NCCCSCc1cccc(C(=O)NN)n1. The molecule has 0 aliphatic carbocycles. The van der Waals surface area contributed by atoms with Crippen molar-refractivity contribution in [2.24, 2.45) is 11.6 Å². The number of nitrogens with two attached hydrogens (primary N) is 2. The molecule has 6 heteroatoms. The van der Waals surface area contributed by atoms with Crippen molar-refractivity contribution in [1.29, 1.82) is 0 Å². The molecule has 5 nitrogen and oxygen atoms in total. The summed E-state index contributed by atoms with van der Waals surface area (Å²) in [6.07, 6.45) is 0.994. The van der Waals surface area contributed by atoms with Crippen molar-refractivity contribution in [3.8, 4) is 0 Å². The molecule has 16 heavy (non-hydrogen) atoms. The maximum absolute atomic E-state index is 11.2. The molecule has 1 rings (SSSR count). The van der Waals surface area contributed by atoms with Gasteiger partial charge in [0.2, 0.25) is 0 Å². The molecule has 0 radical (unpaired) electrons. The number of amides is 1. The summed E-state index contributed by atoms with van der Waals surface area (Å²) in [5.41, 5.74) is 8.68. The van der Waals surface area contributed by atoms with Crippen LogP contribution in [-0.2, 0) is 5.75 Å². The fourth-order valence-corrected chi connectivity index (χ4v) is 2.01. The van der Waals surface area contributed by atoms with Gasteiger partial charge in [-0.05, 0) is 30.9 Å². The summed E-state index contributed by atoms with van der Waals surface area (Å²) >= 11 is 1.75. The molecule has 88 valence electrons. The van der Waals surface area contributed by atoms with Gasteiger partial charge in [0, 0.05) is 5.75 Å². The maximum Gasteiger partial charge on any atom is 0.283 e. The number of rotatable bonds is 6. The van der Waals surface area contributed by atoms with Gasteiger partial charge in [0.25, 0.3) is 5.91 Å². The summed E-state index contributed by atoms with van der Waals surface area (Å²) in [6.45, 7) is 0.704. The molecule has 0 aromatic carbocycles. The minimum Gasteiger partial charge on any atom is -0.330 e. The molecule has 0 fully saturated rings. The van der Waals surface area contributed by atoms with Gasteiger partial charge < -0.3 is 5.73 Å². The molecule has 0 aliphatic heterocycles. The Bertz CT molecular complexity index is 345. The Hall–Kier alpha value is -1.11. The Kier molecular flexibility index (Phi) is 5.84. The summed E-state index contributed by atoms with van der Waals surface area (Å²) in [7, 11) is 0. The summed E-state index contributed by atoms with van der Waals surface area (Å²) in [6, 6.07) is 5.33. The minimum atomic E-state index is -0.367. The molecule has 0 saturated heterocycles. The van der Waals surface area contributed by atoms with Crippen LogP contribution in [0.5, 0.6) is 0 Å². The number of carbonyl (C=O) groups is 1. The molecule has 1 aromatic rings. The highest BCUT2D eigenvalue weighted by Gasteiger charge is 2.05. The number of aromatic nitrogens is 1. The minimum absolute atomic E-state index is 0.347. The predicted molar refractivity (Wildman–Crippen MR) is 65.7 cm³/mol. The normalized spacial score (nSPS) is 10.1. The fourth-order valence-electron chi connectivity index (χ4n) is 1.12. The predicted octanol–water partition coefficient (Wildman–Crippen LogP) is 0.267. The zero-order valence-electron chi connectivity index (χ0n) is 8.98. The highest BCUT2D eigenvalue weighted by atomic mass is 32.2. The lowest BCUT2D eigenvalue weighted by molar-refractivity contribution is 0.0948. The topological polar surface area (TPSA) is 94.0 Å². The summed E-state index contributed by atoms with van der Waals surface area (Å²) in [5, 5.41) is 0. The lowest BCUT2D eigenvalue weighted by atomic mass is 10.3. The smallest absolute Gasteiger partial charge is 0.283 e. The van der Waals surface area contributed by atoms with E-state index in [-0.39, 0.29) is 5.91 Å². The number of hydrazine groups is 1. The van der Waals surface area contributed by atoms with Crippen LogP contribution in [0.15, 0.2) is 18.2 Å². The first-order valence-corrected chi connectivity index (χ1v) is 6.18. The number of pyridine rings is 1. The average molecular weight is 240 g/mol. The van der Waals surface area contributed by atoms with E-state index in [9.17, 15) is 4.79 Å². The number of nitrogens with one attached hydrogen (secondary N) is 1. The van der Waals surface area contributed by atoms with E-state index < -0.39 is 0 Å². The Balaban J connectivity index is 2.50. The number of nitrogens with zero attached hydrogens (tertiary/aromatic N) is 1. The first-order chi connectivity index (χ1) is 7.77. The van der Waals surface area contributed by atoms with Gasteiger partial charge in [-0.3, -0.25) is 10.2 Å². The summed E-state index contributed by atoms with van der Waals surface area (Å²) < 4.78 is 0. The van der Waals surface area contributed by atoms with Gasteiger partial charge in [-0.15, -0.1) is 0 Å². The van der Waals surface area contributed by atoms with Crippen molar-refractivity contribution in [2.45, 2.75) is 12.2 Å². The Morgan fingerprint density at radius 1 is 1.50 bits per heavy atom. The molecule has 1 aromatic heterocycles. The van der Waals surface area contributed by atoms with Gasteiger partial charge in [0.15, 0.2) is 0 Å². The first kappa shape index (κ1) is 13.0. The molecule has 0 unspecified atom stereocenters. The van der Waals surface area contributed by atoms with Gasteiger partial charge >= 0.3 is 0 Å². The molecule has 0 saturated carbocycles. The molecule has 0 bridgehead atoms. The molecule has 0 atom stereocenters. The van der Waals surface area contributed by atoms with Crippen LogP contribution in [0.3, 0.4) is 0 Å². The highest BCUT2D eigenvalue weighted by molar-refractivity contribution is 7.98. The van der Waals surface area contributed by atoms with Gasteiger partial charge in [-0.1, -0.05) is 6.07 Å². The zero-order chi connectivity index (χ0) is 11.8. The summed E-state index contributed by atoms with van der Waals surface area (Å²) in [5.74, 6) is 6.46. The van der Waals surface area contributed by atoms with Gasteiger partial charge in [0.05, 0.1) is 5.69 Å². The second-order valence-corrected chi connectivity index (χ2v) is 4.29. The Morgan fingerprint density at radius 3 is 3.00 bits per heavy atom. The van der Waals surface area contributed by atoms with E-state index in [0.717, 1.165) is 23.6 Å². The number of nitrogen functional groups attached to an aromatic ring is 1. The standard InChI is InChI=1S/C10H16N4OS/c11-5-2-6-16-7-8-3-1-4-9(13-8)10(15)14-12/h1,3-4H,2,5-7,11-12H2,(H,14,15). The fraction of sp³-hybridized carbons (Fsp3) is 0.400. The lowest BCUT2D eigenvalue weighted by Crippen LogP contribution is -2.30. The van der Waals surface area contributed by atoms with E-state index in [1.807, 2.05) is 6.07 Å². The molecule has 0 aliphatic rings. The molecule has 5 N–H and O–H groups in total. The first-order valence-electron chi connectivity index (χ1n) is 5.02. The third-order valence-electron chi connectivity index (χ3n) is 1.91. The van der Waals surface area contributed by atoms with Crippen molar-refractivity contribution in [2.75, 3.05) is 12.3 Å². The number of thioether (sulfide) groups is 1. The van der Waals surface area contributed by atoms with E-state index in [4.69, 9.17) is 11.6 Å². The van der Waals surface area contributed by atoms with Crippen molar-refractivity contribution < 1.29 is 4.79 Å². The van der Waals surface area contributed by atoms with E-state index >= 15 is 0 Å². The second kappa shape index (κ2) is 7.21. The van der Waals surface area contributed by atoms with E-state index in [1.165, 1.54) is 0 Å². The monoisotopic (exact) mass is 240 g/mol. The molecule has 1 heterocycles. The average Bonchev–Trinajstić information content (AvgIpc) is 2.34. The van der Waals surface area contributed by atoms with Gasteiger partial charge in [-0.25, -0.2) is 10.8 Å². The lowest BCUT2D eigenvalue weighted by Gasteiger charge is -2.03. The molecular formula is C10H16N4OS. The summed E-state index contributed by atoms with van der Waals surface area (Å²) in [4.78, 5) is 15.4. The van der Waals surface area contributed by atoms with Crippen LogP contribution in [-0.4, -0.2) is 23.2 Å². The number of carbonyl (C=O) groups excluding carboxylic acids is 1. The Morgan fingerprint density at radius 2 is 2.31 bits per heavy atom. The van der Waals surface area contributed by atoms with Crippen molar-refractivity contribution in [3.05, 3.63) is 29.6 Å². The third-order valence-corrected chi connectivity index (χ3v) is 2.99. The Labute approximate surface area is 99.0 Å². The van der Waals surface area contributed by atoms with Crippen LogP contribution in [0.2, 0.25) is 0 Å². The highest BCUT2D eigenvalue weighted by Crippen LogP contribution is 2.11. The quantitative estimate of drug-likeness (QED) is 0.287. The van der Waals surface area contributed by atoms with Crippen molar-refractivity contribution in [3.63, 3.8) is 0 Å². The van der Waals surface area contributed by atoms with Crippen LogP contribution >= 0.6 is 11.8 Å². The van der Waals surface area contributed by atoms with E-state index in [0.29, 0.717) is 12.2 Å². The van der Waals surface area contributed by atoms with Crippen LogP contribution < -0.4 is 17.0 Å². The molecule has 1 amide bonds. The van der Waals surface area contributed by atoms with Gasteiger partial charge in [-0.2, -0.15) is 11.8 Å². The van der Waals surface area contributed by atoms with E-state index in [2.05, 4.69) is 10.4 Å². The maximum atomic E-state index is 11.2. The number of hydrogen-bond acceptors (Lipinski definition) is 5.